The summed E-state index contributed by atoms with van der Waals surface area (Å²) in [5.74, 6) is 0.635. The van der Waals surface area contributed by atoms with Crippen molar-refractivity contribution in [1.29, 1.82) is 0 Å². The normalized spacial score (nSPS) is 18.2. The van der Waals surface area contributed by atoms with Crippen LogP contribution in [0.2, 0.25) is 0 Å². The molecule has 1 aromatic heterocycles. The van der Waals surface area contributed by atoms with Crippen LogP contribution < -0.4 is 15.4 Å². The van der Waals surface area contributed by atoms with E-state index in [0.29, 0.717) is 5.75 Å². The van der Waals surface area contributed by atoms with E-state index in [-0.39, 0.29) is 31.0 Å². The molecule has 0 bridgehead atoms. The summed E-state index contributed by atoms with van der Waals surface area (Å²) in [4.78, 5) is 11.8. The maximum absolute atomic E-state index is 11.8. The molecule has 0 saturated carbocycles. The summed E-state index contributed by atoms with van der Waals surface area (Å²) in [5.41, 5.74) is 1.75. The summed E-state index contributed by atoms with van der Waals surface area (Å²) < 4.78 is 7.33. The second kappa shape index (κ2) is 7.50. The van der Waals surface area contributed by atoms with E-state index in [4.69, 9.17) is 4.74 Å². The van der Waals surface area contributed by atoms with Crippen molar-refractivity contribution in [2.75, 3.05) is 19.7 Å². The maximum atomic E-state index is 11.8. The van der Waals surface area contributed by atoms with Crippen molar-refractivity contribution >= 4 is 18.3 Å². The Bertz CT molecular complexity index is 455. The lowest BCUT2D eigenvalue weighted by atomic mass is 10.1. The van der Waals surface area contributed by atoms with E-state index in [9.17, 15) is 4.79 Å². The average molecular weight is 303 g/mol. The van der Waals surface area contributed by atoms with Gasteiger partial charge in [0.15, 0.2) is 12.4 Å². The third kappa shape index (κ3) is 4.11. The number of carbonyl (C=O) groups excluding carboxylic acids is 1. The molecular formula is C13H23ClN4O2. The monoisotopic (exact) mass is 302 g/mol. The highest BCUT2D eigenvalue weighted by molar-refractivity contribution is 5.85. The largest absolute Gasteiger partial charge is 0.480 e. The van der Waals surface area contributed by atoms with Crippen LogP contribution in [0.25, 0.3) is 0 Å². The molecule has 6 nitrogen and oxygen atoms in total. The van der Waals surface area contributed by atoms with E-state index in [0.717, 1.165) is 37.3 Å². The molecule has 0 aliphatic carbocycles. The number of nitrogens with one attached hydrogen (secondary N) is 2. The van der Waals surface area contributed by atoms with Crippen molar-refractivity contribution in [3.8, 4) is 5.75 Å². The summed E-state index contributed by atoms with van der Waals surface area (Å²) in [6, 6.07) is 0.223. The van der Waals surface area contributed by atoms with Gasteiger partial charge in [-0.2, -0.15) is 5.10 Å². The number of hydrogen-bond acceptors (Lipinski definition) is 4. The predicted molar refractivity (Wildman–Crippen MR) is 79.5 cm³/mol. The Hall–Kier alpha value is -1.27. The minimum Gasteiger partial charge on any atom is -0.480 e. The van der Waals surface area contributed by atoms with E-state index >= 15 is 0 Å². The van der Waals surface area contributed by atoms with Gasteiger partial charge < -0.3 is 15.4 Å². The predicted octanol–water partition coefficient (Wildman–Crippen LogP) is 0.706. The number of aryl methyl sites for hydroxylation is 2. The second-order valence-corrected chi connectivity index (χ2v) is 5.02. The lowest BCUT2D eigenvalue weighted by molar-refractivity contribution is -0.123. The molecule has 1 saturated heterocycles. The van der Waals surface area contributed by atoms with E-state index in [1.807, 2.05) is 20.9 Å². The Kier molecular flexibility index (Phi) is 6.29. The molecule has 1 aliphatic rings. The Morgan fingerprint density at radius 1 is 1.55 bits per heavy atom. The first kappa shape index (κ1) is 16.8. The number of hydrogen-bond donors (Lipinski definition) is 2. The zero-order valence-corrected chi connectivity index (χ0v) is 13.0. The zero-order chi connectivity index (χ0) is 13.8. The number of rotatable bonds is 4. The average Bonchev–Trinajstić information content (AvgIpc) is 2.62. The van der Waals surface area contributed by atoms with Gasteiger partial charge in [0.25, 0.3) is 5.91 Å². The van der Waals surface area contributed by atoms with Crippen LogP contribution in [0.1, 0.15) is 24.2 Å². The third-order valence-corrected chi connectivity index (χ3v) is 3.45. The number of ether oxygens (including phenoxy) is 1. The summed E-state index contributed by atoms with van der Waals surface area (Å²) in [5, 5.41) is 10.5. The van der Waals surface area contributed by atoms with Crippen molar-refractivity contribution in [3.63, 3.8) is 0 Å². The van der Waals surface area contributed by atoms with Gasteiger partial charge in [0.05, 0.1) is 5.69 Å². The second-order valence-electron chi connectivity index (χ2n) is 5.02. The summed E-state index contributed by atoms with van der Waals surface area (Å²) in [6.45, 7) is 5.74. The van der Waals surface area contributed by atoms with Crippen molar-refractivity contribution in [3.05, 3.63) is 11.4 Å². The van der Waals surface area contributed by atoms with Crippen LogP contribution in [0.3, 0.4) is 0 Å². The Morgan fingerprint density at radius 3 is 2.85 bits per heavy atom. The van der Waals surface area contributed by atoms with Crippen molar-refractivity contribution in [1.82, 2.24) is 20.4 Å². The minimum absolute atomic E-state index is 0. The van der Waals surface area contributed by atoms with Gasteiger partial charge in [0.1, 0.15) is 5.69 Å². The van der Waals surface area contributed by atoms with E-state index in [2.05, 4.69) is 15.7 Å². The van der Waals surface area contributed by atoms with Gasteiger partial charge in [-0.1, -0.05) is 0 Å². The molecule has 114 valence electrons. The van der Waals surface area contributed by atoms with Crippen LogP contribution in [0.15, 0.2) is 0 Å². The van der Waals surface area contributed by atoms with Crippen LogP contribution in [0, 0.1) is 13.8 Å². The van der Waals surface area contributed by atoms with Crippen molar-refractivity contribution < 1.29 is 9.53 Å². The van der Waals surface area contributed by atoms with Gasteiger partial charge in [-0.05, 0) is 33.2 Å². The van der Waals surface area contributed by atoms with Crippen LogP contribution >= 0.6 is 12.4 Å². The van der Waals surface area contributed by atoms with Gasteiger partial charge in [-0.25, -0.2) is 0 Å². The first-order chi connectivity index (χ1) is 9.08. The van der Waals surface area contributed by atoms with Crippen molar-refractivity contribution in [2.45, 2.75) is 32.7 Å². The first-order valence-corrected chi connectivity index (χ1v) is 6.71. The molecule has 2 heterocycles. The molecule has 1 atom stereocenters. The molecule has 1 fully saturated rings. The summed E-state index contributed by atoms with van der Waals surface area (Å²) in [7, 11) is 1.86. The molecule has 1 aliphatic heterocycles. The quantitative estimate of drug-likeness (QED) is 0.859. The van der Waals surface area contributed by atoms with Gasteiger partial charge >= 0.3 is 0 Å². The van der Waals surface area contributed by atoms with Crippen LogP contribution in [0.5, 0.6) is 5.75 Å². The lowest BCUT2D eigenvalue weighted by Gasteiger charge is -2.23. The Labute approximate surface area is 125 Å². The summed E-state index contributed by atoms with van der Waals surface area (Å²) >= 11 is 0. The van der Waals surface area contributed by atoms with Crippen LogP contribution in [-0.2, 0) is 11.8 Å². The Balaban J connectivity index is 0.00000200. The fraction of sp³-hybridized carbons (Fsp3) is 0.692. The molecule has 0 spiro atoms. The fourth-order valence-electron chi connectivity index (χ4n) is 2.35. The van der Waals surface area contributed by atoms with E-state index < -0.39 is 0 Å². The standard InChI is InChI=1S/C13H22N4O2.ClH/c1-9-13(10(2)17(3)16-9)19-8-12(18)15-11-5-4-6-14-7-11;/h11,14H,4-8H2,1-3H3,(H,15,18);1H/t11-;/m0./s1. The smallest absolute Gasteiger partial charge is 0.258 e. The number of carbonyl (C=O) groups is 1. The Morgan fingerprint density at radius 2 is 2.30 bits per heavy atom. The molecule has 0 unspecified atom stereocenters. The minimum atomic E-state index is -0.0728. The van der Waals surface area contributed by atoms with Gasteiger partial charge in [-0.3, -0.25) is 9.48 Å². The van der Waals surface area contributed by atoms with Crippen molar-refractivity contribution in [2.24, 2.45) is 7.05 Å². The highest BCUT2D eigenvalue weighted by Gasteiger charge is 2.17. The van der Waals surface area contributed by atoms with Crippen LogP contribution in [0.4, 0.5) is 0 Å². The highest BCUT2D eigenvalue weighted by atomic mass is 35.5. The molecule has 2 rings (SSSR count). The molecular weight excluding hydrogens is 280 g/mol. The number of amides is 1. The molecule has 20 heavy (non-hydrogen) atoms. The maximum Gasteiger partial charge on any atom is 0.258 e. The SMILES string of the molecule is Cc1nn(C)c(C)c1OCC(=O)N[C@H]1CCCNC1.Cl. The van der Waals surface area contributed by atoms with Gasteiger partial charge in [-0.15, -0.1) is 12.4 Å². The number of aromatic nitrogens is 2. The van der Waals surface area contributed by atoms with E-state index in [1.54, 1.807) is 4.68 Å². The van der Waals surface area contributed by atoms with Gasteiger partial charge in [0.2, 0.25) is 0 Å². The number of piperidine rings is 1. The number of halogens is 1. The molecule has 0 radical (unpaired) electrons. The van der Waals surface area contributed by atoms with Crippen LogP contribution in [-0.4, -0.2) is 41.4 Å². The number of nitrogens with zero attached hydrogens (tertiary/aromatic N) is 2. The molecule has 1 amide bonds. The van der Waals surface area contributed by atoms with Gasteiger partial charge in [0, 0.05) is 19.6 Å². The molecule has 2 N–H and O–H groups in total. The highest BCUT2D eigenvalue weighted by Crippen LogP contribution is 2.20. The third-order valence-electron chi connectivity index (χ3n) is 3.45. The topological polar surface area (TPSA) is 68.2 Å². The molecule has 0 aromatic carbocycles. The molecule has 1 aromatic rings. The lowest BCUT2D eigenvalue weighted by Crippen LogP contribution is -2.47. The first-order valence-electron chi connectivity index (χ1n) is 6.71. The fourth-order valence-corrected chi connectivity index (χ4v) is 2.35. The zero-order valence-electron chi connectivity index (χ0n) is 12.2. The summed E-state index contributed by atoms with van der Waals surface area (Å²) in [6.07, 6.45) is 2.14. The van der Waals surface area contributed by atoms with E-state index in [1.165, 1.54) is 0 Å². The molecule has 7 heteroatoms.